The molecule has 0 aliphatic heterocycles. The predicted molar refractivity (Wildman–Crippen MR) is 110 cm³/mol. The molecule has 0 aliphatic rings. The van der Waals surface area contributed by atoms with Crippen molar-refractivity contribution in [2.24, 2.45) is 5.92 Å². The summed E-state index contributed by atoms with van der Waals surface area (Å²) in [7, 11) is 1.60. The molecule has 1 atom stereocenters. The first kappa shape index (κ1) is 22.1. The summed E-state index contributed by atoms with van der Waals surface area (Å²) in [6.45, 7) is 13.2. The molecule has 0 saturated carbocycles. The number of nitrogens with zero attached hydrogens (tertiary/aromatic N) is 2. The summed E-state index contributed by atoms with van der Waals surface area (Å²) in [6.07, 6.45) is 1.42. The molecule has 6 heteroatoms. The lowest BCUT2D eigenvalue weighted by atomic mass is 10.0. The second kappa shape index (κ2) is 10.4. The van der Waals surface area contributed by atoms with Gasteiger partial charge in [0.1, 0.15) is 6.26 Å². The lowest BCUT2D eigenvalue weighted by Crippen LogP contribution is -2.36. The third-order valence-corrected chi connectivity index (χ3v) is 5.13. The van der Waals surface area contributed by atoms with Crippen molar-refractivity contribution < 1.29 is 13.9 Å². The first-order valence-corrected chi connectivity index (χ1v) is 9.83. The average molecular weight is 388 g/mol. The topological polar surface area (TPSA) is 67.6 Å². The van der Waals surface area contributed by atoms with Gasteiger partial charge in [0.15, 0.2) is 5.69 Å². The number of hydrogen-bond acceptors (Lipinski definition) is 5. The molecule has 1 amide bonds. The number of nitrogens with one attached hydrogen (secondary N) is 1. The van der Waals surface area contributed by atoms with Crippen molar-refractivity contribution in [1.82, 2.24) is 15.2 Å². The highest BCUT2D eigenvalue weighted by Gasteiger charge is 2.21. The molecule has 28 heavy (non-hydrogen) atoms. The number of rotatable bonds is 10. The van der Waals surface area contributed by atoms with Gasteiger partial charge in [-0.15, -0.1) is 0 Å². The average Bonchev–Trinajstić information content (AvgIpc) is 3.11. The van der Waals surface area contributed by atoms with Gasteiger partial charge in [0.05, 0.1) is 13.2 Å². The highest BCUT2D eigenvalue weighted by Crippen LogP contribution is 2.20. The Bertz CT molecular complexity index is 770. The van der Waals surface area contributed by atoms with Gasteiger partial charge in [0.25, 0.3) is 5.91 Å². The summed E-state index contributed by atoms with van der Waals surface area (Å²) in [5.74, 6) is 0.788. The monoisotopic (exact) mass is 387 g/mol. The van der Waals surface area contributed by atoms with E-state index in [0.717, 1.165) is 6.54 Å². The Morgan fingerprint density at radius 1 is 1.25 bits per heavy atom. The minimum absolute atomic E-state index is 0.245. The van der Waals surface area contributed by atoms with E-state index >= 15 is 0 Å². The number of amides is 1. The van der Waals surface area contributed by atoms with Crippen LogP contribution in [0.15, 0.2) is 28.9 Å². The van der Waals surface area contributed by atoms with Crippen molar-refractivity contribution in [1.29, 1.82) is 0 Å². The van der Waals surface area contributed by atoms with Crippen molar-refractivity contribution in [3.8, 4) is 0 Å². The van der Waals surface area contributed by atoms with Crippen molar-refractivity contribution in [3.05, 3.63) is 52.7 Å². The minimum Gasteiger partial charge on any atom is -0.447 e. The van der Waals surface area contributed by atoms with Crippen LogP contribution in [0, 0.1) is 19.8 Å². The van der Waals surface area contributed by atoms with E-state index in [1.807, 2.05) is 0 Å². The number of oxazole rings is 1. The Labute approximate surface area is 168 Å². The van der Waals surface area contributed by atoms with Gasteiger partial charge in [-0.25, -0.2) is 4.98 Å². The number of ether oxygens (including phenoxy) is 1. The van der Waals surface area contributed by atoms with E-state index in [1.54, 1.807) is 7.11 Å². The van der Waals surface area contributed by atoms with E-state index in [0.29, 0.717) is 43.2 Å². The van der Waals surface area contributed by atoms with Gasteiger partial charge in [-0.2, -0.15) is 0 Å². The Hall–Kier alpha value is -2.18. The van der Waals surface area contributed by atoms with Gasteiger partial charge in [0, 0.05) is 26.2 Å². The lowest BCUT2D eigenvalue weighted by molar-refractivity contribution is 0.0932. The molecule has 2 rings (SSSR count). The second-order valence-electron chi connectivity index (χ2n) is 7.69. The van der Waals surface area contributed by atoms with Crippen molar-refractivity contribution in [2.45, 2.75) is 53.8 Å². The third kappa shape index (κ3) is 6.17. The summed E-state index contributed by atoms with van der Waals surface area (Å²) in [6, 6.07) is 6.89. The van der Waals surface area contributed by atoms with Crippen LogP contribution in [0.3, 0.4) is 0 Å². The molecule has 0 bridgehead atoms. The Kier molecular flexibility index (Phi) is 8.20. The molecule has 0 spiro atoms. The molecule has 1 heterocycles. The summed E-state index contributed by atoms with van der Waals surface area (Å²) in [5.41, 5.74) is 4.14. The third-order valence-electron chi connectivity index (χ3n) is 5.13. The number of aromatic nitrogens is 1. The van der Waals surface area contributed by atoms with Crippen LogP contribution in [0.25, 0.3) is 0 Å². The fourth-order valence-corrected chi connectivity index (χ4v) is 3.03. The fraction of sp³-hybridized carbons (Fsp3) is 0.545. The Morgan fingerprint density at radius 2 is 2.00 bits per heavy atom. The van der Waals surface area contributed by atoms with Gasteiger partial charge in [-0.05, 0) is 37.8 Å². The molecule has 0 fully saturated rings. The van der Waals surface area contributed by atoms with Crippen LogP contribution in [0.1, 0.15) is 53.8 Å². The second-order valence-corrected chi connectivity index (χ2v) is 7.69. The largest absolute Gasteiger partial charge is 0.447 e. The molecule has 154 valence electrons. The number of methoxy groups -OCH3 is 1. The minimum atomic E-state index is -0.245. The van der Waals surface area contributed by atoms with Crippen LogP contribution < -0.4 is 5.32 Å². The zero-order valence-corrected chi connectivity index (χ0v) is 17.9. The fourth-order valence-electron chi connectivity index (χ4n) is 3.03. The first-order valence-electron chi connectivity index (χ1n) is 9.83. The van der Waals surface area contributed by atoms with Crippen LogP contribution in [-0.2, 0) is 17.8 Å². The molecule has 1 aromatic heterocycles. The smallest absolute Gasteiger partial charge is 0.273 e. The molecule has 0 aliphatic carbocycles. The summed E-state index contributed by atoms with van der Waals surface area (Å²) < 4.78 is 10.5. The zero-order chi connectivity index (χ0) is 20.7. The standard InChI is InChI=1S/C22H33N3O3/c1-15(2)18(5)25(12-19-8-7-16(3)11-17(19)4)13-21-24-20(14-28-21)22(26)23-9-10-27-6/h7-8,11,14-15,18H,9-10,12-13H2,1-6H3,(H,23,26)/t18-/m1/s1. The van der Waals surface area contributed by atoms with Crippen molar-refractivity contribution in [2.75, 3.05) is 20.3 Å². The summed E-state index contributed by atoms with van der Waals surface area (Å²) >= 11 is 0. The van der Waals surface area contributed by atoms with Gasteiger partial charge >= 0.3 is 0 Å². The van der Waals surface area contributed by atoms with Crippen LogP contribution in [0.5, 0.6) is 0 Å². The normalized spacial score (nSPS) is 12.6. The summed E-state index contributed by atoms with van der Waals surface area (Å²) in [4.78, 5) is 18.9. The molecule has 2 aromatic rings. The van der Waals surface area contributed by atoms with Crippen LogP contribution in [0.4, 0.5) is 0 Å². The molecular formula is C22H33N3O3. The van der Waals surface area contributed by atoms with Gasteiger partial charge < -0.3 is 14.5 Å². The van der Waals surface area contributed by atoms with Crippen molar-refractivity contribution >= 4 is 5.91 Å². The number of benzene rings is 1. The molecular weight excluding hydrogens is 354 g/mol. The van der Waals surface area contributed by atoms with Crippen molar-refractivity contribution in [3.63, 3.8) is 0 Å². The highest BCUT2D eigenvalue weighted by atomic mass is 16.5. The van der Waals surface area contributed by atoms with E-state index in [-0.39, 0.29) is 5.91 Å². The number of carbonyl (C=O) groups is 1. The first-order chi connectivity index (χ1) is 13.3. The zero-order valence-electron chi connectivity index (χ0n) is 17.9. The number of carbonyl (C=O) groups excluding carboxylic acids is 1. The number of hydrogen-bond donors (Lipinski definition) is 1. The van der Waals surface area contributed by atoms with Crippen LogP contribution in [0.2, 0.25) is 0 Å². The maximum atomic E-state index is 12.1. The van der Waals surface area contributed by atoms with Gasteiger partial charge in [-0.1, -0.05) is 37.6 Å². The van der Waals surface area contributed by atoms with E-state index in [9.17, 15) is 4.79 Å². The van der Waals surface area contributed by atoms with Crippen LogP contribution in [-0.4, -0.2) is 42.1 Å². The highest BCUT2D eigenvalue weighted by molar-refractivity contribution is 5.91. The maximum Gasteiger partial charge on any atom is 0.273 e. The van der Waals surface area contributed by atoms with E-state index in [2.05, 4.69) is 68.0 Å². The molecule has 0 saturated heterocycles. The Balaban J connectivity index is 2.11. The van der Waals surface area contributed by atoms with E-state index in [1.165, 1.54) is 23.0 Å². The molecule has 6 nitrogen and oxygen atoms in total. The van der Waals surface area contributed by atoms with Gasteiger partial charge in [-0.3, -0.25) is 9.69 Å². The maximum absolute atomic E-state index is 12.1. The SMILES string of the molecule is COCCNC(=O)c1coc(CN(Cc2ccc(C)cc2C)[C@H](C)C(C)C)n1. The van der Waals surface area contributed by atoms with Gasteiger partial charge in [0.2, 0.25) is 5.89 Å². The quantitative estimate of drug-likeness (QED) is 0.630. The van der Waals surface area contributed by atoms with E-state index < -0.39 is 0 Å². The predicted octanol–water partition coefficient (Wildman–Crippen LogP) is 3.71. The molecule has 1 N–H and O–H groups in total. The lowest BCUT2D eigenvalue weighted by Gasteiger charge is -2.31. The Morgan fingerprint density at radius 3 is 2.64 bits per heavy atom. The number of aryl methyl sites for hydroxylation is 2. The molecule has 1 aromatic carbocycles. The molecule has 0 unspecified atom stereocenters. The summed E-state index contributed by atoms with van der Waals surface area (Å²) in [5, 5.41) is 2.76. The molecule has 0 radical (unpaired) electrons. The van der Waals surface area contributed by atoms with Crippen LogP contribution >= 0.6 is 0 Å². The van der Waals surface area contributed by atoms with E-state index in [4.69, 9.17) is 9.15 Å².